The molecular formula is C15H18N4. The van der Waals surface area contributed by atoms with Crippen molar-refractivity contribution in [2.24, 2.45) is 4.99 Å². The van der Waals surface area contributed by atoms with E-state index in [-0.39, 0.29) is 0 Å². The van der Waals surface area contributed by atoms with E-state index in [1.807, 2.05) is 24.3 Å². The van der Waals surface area contributed by atoms with Gasteiger partial charge < -0.3 is 10.6 Å². The Morgan fingerprint density at radius 1 is 1.32 bits per heavy atom. The van der Waals surface area contributed by atoms with E-state index < -0.39 is 0 Å². The minimum atomic E-state index is 0.451. The molecule has 0 radical (unpaired) electrons. The van der Waals surface area contributed by atoms with Gasteiger partial charge in [-0.25, -0.2) is 0 Å². The van der Waals surface area contributed by atoms with Crippen molar-refractivity contribution in [1.82, 2.24) is 10.6 Å². The molecule has 1 aromatic rings. The Morgan fingerprint density at radius 2 is 2.00 bits per heavy atom. The van der Waals surface area contributed by atoms with Gasteiger partial charge in [0.2, 0.25) is 0 Å². The molecule has 0 aliphatic heterocycles. The topological polar surface area (TPSA) is 60.2 Å². The largest absolute Gasteiger partial charge is 0.353 e. The molecule has 0 fully saturated rings. The van der Waals surface area contributed by atoms with Crippen LogP contribution < -0.4 is 10.6 Å². The fraction of sp³-hybridized carbons (Fsp3) is 0.333. The van der Waals surface area contributed by atoms with E-state index in [2.05, 4.69) is 33.8 Å². The Balaban J connectivity index is 1.83. The molecule has 0 aromatic heterocycles. The van der Waals surface area contributed by atoms with Gasteiger partial charge in [0.15, 0.2) is 5.96 Å². The number of guanidine groups is 1. The number of hydrogen-bond donors (Lipinski definition) is 2. The van der Waals surface area contributed by atoms with E-state index in [1.54, 1.807) is 7.05 Å². The maximum Gasteiger partial charge on any atom is 0.191 e. The predicted octanol–water partition coefficient (Wildman–Crippen LogP) is 1.94. The third kappa shape index (κ3) is 3.85. The standard InChI is InChI=1S/C15H18N4/c1-17-15(19-14-4-2-3-5-14)18-11-13-8-6-12(10-16)7-9-13/h2-3,6-9,14H,4-5,11H2,1H3,(H2,17,18,19). The van der Waals surface area contributed by atoms with Crippen LogP contribution in [0, 0.1) is 11.3 Å². The van der Waals surface area contributed by atoms with E-state index in [0.29, 0.717) is 18.2 Å². The van der Waals surface area contributed by atoms with Crippen LogP contribution in [0.1, 0.15) is 24.0 Å². The monoisotopic (exact) mass is 254 g/mol. The highest BCUT2D eigenvalue weighted by Crippen LogP contribution is 2.08. The highest BCUT2D eigenvalue weighted by molar-refractivity contribution is 5.80. The average Bonchev–Trinajstić information content (AvgIpc) is 2.97. The summed E-state index contributed by atoms with van der Waals surface area (Å²) >= 11 is 0. The first-order valence-electron chi connectivity index (χ1n) is 6.43. The maximum atomic E-state index is 8.74. The molecule has 0 saturated heterocycles. The SMILES string of the molecule is CN=C(NCc1ccc(C#N)cc1)NC1CC=CC1. The Hall–Kier alpha value is -2.28. The molecule has 0 atom stereocenters. The molecule has 98 valence electrons. The highest BCUT2D eigenvalue weighted by atomic mass is 15.2. The van der Waals surface area contributed by atoms with Crippen LogP contribution in [0.15, 0.2) is 41.4 Å². The fourth-order valence-corrected chi connectivity index (χ4v) is 2.01. The van der Waals surface area contributed by atoms with Gasteiger partial charge in [0.25, 0.3) is 0 Å². The van der Waals surface area contributed by atoms with Crippen molar-refractivity contribution in [3.63, 3.8) is 0 Å². The van der Waals surface area contributed by atoms with Crippen molar-refractivity contribution < 1.29 is 0 Å². The molecule has 0 unspecified atom stereocenters. The summed E-state index contributed by atoms with van der Waals surface area (Å²) in [6.45, 7) is 0.700. The van der Waals surface area contributed by atoms with Crippen LogP contribution in [-0.4, -0.2) is 19.0 Å². The van der Waals surface area contributed by atoms with Crippen LogP contribution in [0.2, 0.25) is 0 Å². The molecule has 4 heteroatoms. The first-order chi connectivity index (χ1) is 9.31. The van der Waals surface area contributed by atoms with E-state index >= 15 is 0 Å². The molecule has 0 spiro atoms. The van der Waals surface area contributed by atoms with E-state index in [0.717, 1.165) is 24.4 Å². The van der Waals surface area contributed by atoms with Crippen molar-refractivity contribution in [2.45, 2.75) is 25.4 Å². The Bertz CT molecular complexity index is 500. The average molecular weight is 254 g/mol. The van der Waals surface area contributed by atoms with Crippen LogP contribution in [0.4, 0.5) is 0 Å². The van der Waals surface area contributed by atoms with Crippen LogP contribution in [0.3, 0.4) is 0 Å². The van der Waals surface area contributed by atoms with Crippen LogP contribution in [0.25, 0.3) is 0 Å². The van der Waals surface area contributed by atoms with Crippen molar-refractivity contribution in [1.29, 1.82) is 5.26 Å². The normalized spacial score (nSPS) is 15.3. The molecule has 1 aromatic carbocycles. The summed E-state index contributed by atoms with van der Waals surface area (Å²) in [4.78, 5) is 4.21. The zero-order chi connectivity index (χ0) is 13.5. The van der Waals surface area contributed by atoms with Crippen molar-refractivity contribution in [2.75, 3.05) is 7.05 Å². The van der Waals surface area contributed by atoms with Gasteiger partial charge in [0.05, 0.1) is 11.6 Å². The van der Waals surface area contributed by atoms with Gasteiger partial charge in [-0.05, 0) is 30.5 Å². The highest BCUT2D eigenvalue weighted by Gasteiger charge is 2.11. The van der Waals surface area contributed by atoms with Crippen molar-refractivity contribution in [3.05, 3.63) is 47.5 Å². The summed E-state index contributed by atoms with van der Waals surface area (Å²) in [6.07, 6.45) is 6.48. The minimum absolute atomic E-state index is 0.451. The predicted molar refractivity (Wildman–Crippen MR) is 76.7 cm³/mol. The second-order valence-corrected chi connectivity index (χ2v) is 4.52. The summed E-state index contributed by atoms with van der Waals surface area (Å²) in [5.74, 6) is 0.818. The van der Waals surface area contributed by atoms with E-state index in [9.17, 15) is 0 Å². The minimum Gasteiger partial charge on any atom is -0.353 e. The molecule has 0 amide bonds. The van der Waals surface area contributed by atoms with Gasteiger partial charge in [0.1, 0.15) is 0 Å². The lowest BCUT2D eigenvalue weighted by molar-refractivity contribution is 0.633. The number of rotatable bonds is 3. The second-order valence-electron chi connectivity index (χ2n) is 4.52. The zero-order valence-electron chi connectivity index (χ0n) is 11.1. The molecule has 2 rings (SSSR count). The van der Waals surface area contributed by atoms with Crippen LogP contribution in [0.5, 0.6) is 0 Å². The van der Waals surface area contributed by atoms with Gasteiger partial charge in [-0.3, -0.25) is 4.99 Å². The fourth-order valence-electron chi connectivity index (χ4n) is 2.01. The van der Waals surface area contributed by atoms with Crippen molar-refractivity contribution >= 4 is 5.96 Å². The van der Waals surface area contributed by atoms with Crippen LogP contribution in [-0.2, 0) is 6.54 Å². The van der Waals surface area contributed by atoms with Gasteiger partial charge in [-0.2, -0.15) is 5.26 Å². The van der Waals surface area contributed by atoms with Gasteiger partial charge >= 0.3 is 0 Å². The zero-order valence-corrected chi connectivity index (χ0v) is 11.1. The third-order valence-electron chi connectivity index (χ3n) is 3.12. The van der Waals surface area contributed by atoms with Crippen molar-refractivity contribution in [3.8, 4) is 6.07 Å². The smallest absolute Gasteiger partial charge is 0.191 e. The lowest BCUT2D eigenvalue weighted by atomic mass is 10.1. The molecule has 0 heterocycles. The maximum absolute atomic E-state index is 8.74. The number of benzene rings is 1. The lowest BCUT2D eigenvalue weighted by Gasteiger charge is -2.16. The molecule has 4 nitrogen and oxygen atoms in total. The Kier molecular flexibility index (Phi) is 4.57. The molecule has 0 saturated carbocycles. The number of nitrogens with one attached hydrogen (secondary N) is 2. The second kappa shape index (κ2) is 6.60. The Labute approximate surface area is 113 Å². The molecule has 1 aliphatic rings. The first kappa shape index (κ1) is 13.2. The quantitative estimate of drug-likeness (QED) is 0.492. The van der Waals surface area contributed by atoms with Gasteiger partial charge in [0, 0.05) is 19.6 Å². The van der Waals surface area contributed by atoms with E-state index in [1.165, 1.54) is 0 Å². The molecule has 1 aliphatic carbocycles. The van der Waals surface area contributed by atoms with Gasteiger partial charge in [-0.1, -0.05) is 24.3 Å². The molecular weight excluding hydrogens is 236 g/mol. The number of hydrogen-bond acceptors (Lipinski definition) is 2. The third-order valence-corrected chi connectivity index (χ3v) is 3.12. The summed E-state index contributed by atoms with van der Waals surface area (Å²) < 4.78 is 0. The number of nitriles is 1. The van der Waals surface area contributed by atoms with Gasteiger partial charge in [-0.15, -0.1) is 0 Å². The summed E-state index contributed by atoms with van der Waals surface area (Å²) in [7, 11) is 1.77. The Morgan fingerprint density at radius 3 is 2.58 bits per heavy atom. The van der Waals surface area contributed by atoms with E-state index in [4.69, 9.17) is 5.26 Å². The number of aliphatic imine (C=N–C) groups is 1. The first-order valence-corrected chi connectivity index (χ1v) is 6.43. The molecule has 2 N–H and O–H groups in total. The molecule has 19 heavy (non-hydrogen) atoms. The number of nitrogens with zero attached hydrogens (tertiary/aromatic N) is 2. The summed E-state index contributed by atoms with van der Waals surface area (Å²) in [6, 6.07) is 10.1. The summed E-state index contributed by atoms with van der Waals surface area (Å²) in [5, 5.41) is 15.4. The molecule has 0 bridgehead atoms. The lowest BCUT2D eigenvalue weighted by Crippen LogP contribution is -2.42. The van der Waals surface area contributed by atoms with Crippen LogP contribution >= 0.6 is 0 Å². The summed E-state index contributed by atoms with van der Waals surface area (Å²) in [5.41, 5.74) is 1.81.